The van der Waals surface area contributed by atoms with Gasteiger partial charge in [0.15, 0.2) is 5.78 Å². The number of carbonyl (C=O) groups excluding carboxylic acids is 1. The molecule has 0 unspecified atom stereocenters. The number of benzene rings is 1. The maximum atomic E-state index is 11.5. The van der Waals surface area contributed by atoms with E-state index in [9.17, 15) is 9.90 Å². The van der Waals surface area contributed by atoms with Crippen LogP contribution in [0.1, 0.15) is 35.7 Å². The van der Waals surface area contributed by atoms with Crippen LogP contribution in [0.25, 0.3) is 0 Å². The van der Waals surface area contributed by atoms with E-state index in [2.05, 4.69) is 11.8 Å². The Morgan fingerprint density at radius 3 is 2.88 bits per heavy atom. The molecule has 0 fully saturated rings. The van der Waals surface area contributed by atoms with Gasteiger partial charge >= 0.3 is 0 Å². The molecular weight excluding hydrogens is 224 g/mol. The molecular formula is C13H13ClO2. The number of hydrogen-bond donors (Lipinski definition) is 1. The number of phenols is 1. The van der Waals surface area contributed by atoms with Gasteiger partial charge in [0.1, 0.15) is 5.75 Å². The van der Waals surface area contributed by atoms with Gasteiger partial charge in [-0.15, -0.1) is 11.6 Å². The molecule has 0 bridgehead atoms. The molecule has 0 heterocycles. The van der Waals surface area contributed by atoms with E-state index in [0.717, 1.165) is 5.56 Å². The average molecular weight is 237 g/mol. The van der Waals surface area contributed by atoms with Gasteiger partial charge in [0, 0.05) is 24.3 Å². The van der Waals surface area contributed by atoms with Crippen molar-refractivity contribution < 1.29 is 9.90 Å². The predicted molar refractivity (Wildman–Crippen MR) is 64.9 cm³/mol. The van der Waals surface area contributed by atoms with Crippen LogP contribution in [-0.2, 0) is 0 Å². The third-order valence-electron chi connectivity index (χ3n) is 2.07. The highest BCUT2D eigenvalue weighted by molar-refractivity contribution is 6.18. The maximum Gasteiger partial charge on any atom is 0.166 e. The predicted octanol–water partition coefficient (Wildman–Crippen LogP) is 2.97. The summed E-state index contributed by atoms with van der Waals surface area (Å²) in [6, 6.07) is 4.79. The van der Waals surface area contributed by atoms with Gasteiger partial charge in [0.25, 0.3) is 0 Å². The lowest BCUT2D eigenvalue weighted by molar-refractivity contribution is 0.0985. The zero-order valence-electron chi connectivity index (χ0n) is 9.09. The summed E-state index contributed by atoms with van der Waals surface area (Å²) < 4.78 is 0. The Morgan fingerprint density at radius 2 is 2.25 bits per heavy atom. The van der Waals surface area contributed by atoms with Crippen LogP contribution in [0.15, 0.2) is 18.2 Å². The molecule has 0 radical (unpaired) electrons. The van der Waals surface area contributed by atoms with E-state index < -0.39 is 0 Å². The van der Waals surface area contributed by atoms with E-state index in [1.165, 1.54) is 6.07 Å². The number of Topliss-reactive ketones (excluding diaryl/α,β-unsaturated/α-hetero) is 1. The van der Waals surface area contributed by atoms with E-state index in [-0.39, 0.29) is 11.5 Å². The third kappa shape index (κ3) is 3.29. The third-order valence-corrected chi connectivity index (χ3v) is 2.26. The smallest absolute Gasteiger partial charge is 0.166 e. The largest absolute Gasteiger partial charge is 0.507 e. The molecule has 0 saturated carbocycles. The first kappa shape index (κ1) is 12.6. The minimum atomic E-state index is -0.0847. The van der Waals surface area contributed by atoms with Gasteiger partial charge in [0.05, 0.1) is 5.56 Å². The summed E-state index contributed by atoms with van der Waals surface area (Å²) in [6.45, 7) is 1.76. The van der Waals surface area contributed by atoms with Gasteiger partial charge in [0.2, 0.25) is 0 Å². The first-order chi connectivity index (χ1) is 7.69. The molecule has 0 atom stereocenters. The van der Waals surface area contributed by atoms with Crippen LogP contribution >= 0.6 is 11.6 Å². The molecule has 0 saturated heterocycles. The summed E-state index contributed by atoms with van der Waals surface area (Å²) in [5.41, 5.74) is 1.06. The molecule has 1 N–H and O–H groups in total. The van der Waals surface area contributed by atoms with Crippen molar-refractivity contribution in [2.24, 2.45) is 0 Å². The molecule has 3 heteroatoms. The molecule has 84 valence electrons. The van der Waals surface area contributed by atoms with Gasteiger partial charge in [-0.1, -0.05) is 18.8 Å². The van der Waals surface area contributed by atoms with Crippen LogP contribution in [0.2, 0.25) is 0 Å². The van der Waals surface area contributed by atoms with Crippen LogP contribution in [0, 0.1) is 11.8 Å². The van der Waals surface area contributed by atoms with Crippen LogP contribution in [0.5, 0.6) is 5.75 Å². The summed E-state index contributed by atoms with van der Waals surface area (Å²) in [6.07, 6.45) is 0.978. The number of phenolic OH excluding ortho intramolecular Hbond substituents is 1. The first-order valence-electron chi connectivity index (χ1n) is 5.10. The summed E-state index contributed by atoms with van der Waals surface area (Å²) in [5, 5.41) is 9.52. The van der Waals surface area contributed by atoms with Crippen molar-refractivity contribution in [3.8, 4) is 17.6 Å². The van der Waals surface area contributed by atoms with Gasteiger partial charge in [-0.05, 0) is 18.2 Å². The lowest BCUT2D eigenvalue weighted by Gasteiger charge is -2.02. The molecule has 1 aromatic rings. The number of hydrogen-bond acceptors (Lipinski definition) is 2. The summed E-state index contributed by atoms with van der Waals surface area (Å²) in [4.78, 5) is 11.5. The number of aromatic hydroxyl groups is 1. The number of alkyl halides is 1. The van der Waals surface area contributed by atoms with Crippen LogP contribution in [-0.4, -0.2) is 16.8 Å². The molecule has 16 heavy (non-hydrogen) atoms. The fourth-order valence-corrected chi connectivity index (χ4v) is 1.33. The Labute approximate surface area is 100 Å². The van der Waals surface area contributed by atoms with Gasteiger partial charge in [-0.2, -0.15) is 0 Å². The highest BCUT2D eigenvalue weighted by atomic mass is 35.5. The Morgan fingerprint density at radius 1 is 1.50 bits per heavy atom. The van der Waals surface area contributed by atoms with Crippen molar-refractivity contribution >= 4 is 17.4 Å². The van der Waals surface area contributed by atoms with Crippen molar-refractivity contribution in [1.29, 1.82) is 0 Å². The molecule has 0 aliphatic heterocycles. The Kier molecular flexibility index (Phi) is 4.88. The Balaban J connectivity index is 2.99. The zero-order chi connectivity index (χ0) is 12.0. The molecule has 0 aliphatic carbocycles. The molecule has 0 aliphatic rings. The summed E-state index contributed by atoms with van der Waals surface area (Å²) in [7, 11) is 0. The van der Waals surface area contributed by atoms with Crippen molar-refractivity contribution in [3.05, 3.63) is 29.3 Å². The van der Waals surface area contributed by atoms with Crippen molar-refractivity contribution in [3.63, 3.8) is 0 Å². The molecule has 0 spiro atoms. The number of carbonyl (C=O) groups is 1. The zero-order valence-corrected chi connectivity index (χ0v) is 9.84. The molecule has 1 rings (SSSR count). The minimum Gasteiger partial charge on any atom is -0.507 e. The SMILES string of the molecule is CCC(=O)c1cc(C#CCCCl)ccc1O. The van der Waals surface area contributed by atoms with Gasteiger partial charge < -0.3 is 5.11 Å². The van der Waals surface area contributed by atoms with Crippen molar-refractivity contribution in [2.75, 3.05) is 5.88 Å². The molecule has 0 amide bonds. The quantitative estimate of drug-likeness (QED) is 0.498. The highest BCUT2D eigenvalue weighted by Gasteiger charge is 2.08. The number of ketones is 1. The average Bonchev–Trinajstić information content (AvgIpc) is 2.30. The summed E-state index contributed by atoms with van der Waals surface area (Å²) in [5.74, 6) is 6.19. The Bertz CT molecular complexity index is 441. The van der Waals surface area contributed by atoms with Crippen LogP contribution in [0.4, 0.5) is 0 Å². The molecule has 2 nitrogen and oxygen atoms in total. The van der Waals surface area contributed by atoms with Gasteiger partial charge in [-0.25, -0.2) is 0 Å². The van der Waals surface area contributed by atoms with Crippen molar-refractivity contribution in [2.45, 2.75) is 19.8 Å². The standard InChI is InChI=1S/C13H13ClO2/c1-2-12(15)11-9-10(5-3-4-8-14)6-7-13(11)16/h6-7,9,16H,2,4,8H2,1H3. The first-order valence-corrected chi connectivity index (χ1v) is 5.63. The fraction of sp³-hybridized carbons (Fsp3) is 0.308. The minimum absolute atomic E-state index is 0.00902. The Hall–Kier alpha value is -1.46. The van der Waals surface area contributed by atoms with E-state index in [0.29, 0.717) is 24.3 Å². The highest BCUT2D eigenvalue weighted by Crippen LogP contribution is 2.19. The van der Waals surface area contributed by atoms with E-state index in [4.69, 9.17) is 11.6 Å². The monoisotopic (exact) mass is 236 g/mol. The van der Waals surface area contributed by atoms with Crippen LogP contribution < -0.4 is 0 Å². The molecule has 1 aromatic carbocycles. The van der Waals surface area contributed by atoms with Crippen LogP contribution in [0.3, 0.4) is 0 Å². The van der Waals surface area contributed by atoms with E-state index in [1.807, 2.05) is 0 Å². The van der Waals surface area contributed by atoms with E-state index in [1.54, 1.807) is 19.1 Å². The fourth-order valence-electron chi connectivity index (χ4n) is 1.24. The topological polar surface area (TPSA) is 37.3 Å². The second kappa shape index (κ2) is 6.19. The van der Waals surface area contributed by atoms with E-state index >= 15 is 0 Å². The maximum absolute atomic E-state index is 11.5. The normalized spacial score (nSPS) is 9.38. The second-order valence-corrected chi connectivity index (χ2v) is 3.63. The summed E-state index contributed by atoms with van der Waals surface area (Å²) >= 11 is 5.50. The molecule has 0 aromatic heterocycles. The lowest BCUT2D eigenvalue weighted by atomic mass is 10.0. The second-order valence-electron chi connectivity index (χ2n) is 3.25. The number of halogens is 1. The lowest BCUT2D eigenvalue weighted by Crippen LogP contribution is -1.97. The number of rotatable bonds is 3. The van der Waals surface area contributed by atoms with Gasteiger partial charge in [-0.3, -0.25) is 4.79 Å². The van der Waals surface area contributed by atoms with Crippen molar-refractivity contribution in [1.82, 2.24) is 0 Å².